The van der Waals surface area contributed by atoms with Crippen LogP contribution >= 0.6 is 11.6 Å². The van der Waals surface area contributed by atoms with E-state index in [0.717, 1.165) is 11.1 Å². The van der Waals surface area contributed by atoms with Crippen LogP contribution in [0.4, 0.5) is 0 Å². The first-order valence-corrected chi connectivity index (χ1v) is 8.80. The lowest BCUT2D eigenvalue weighted by Crippen LogP contribution is -2.31. The summed E-state index contributed by atoms with van der Waals surface area (Å²) in [6.45, 7) is 2.40. The summed E-state index contributed by atoms with van der Waals surface area (Å²) < 4.78 is 0. The van der Waals surface area contributed by atoms with Gasteiger partial charge in [0, 0.05) is 11.6 Å². The number of hydrogen-bond acceptors (Lipinski definition) is 2. The Kier molecular flexibility index (Phi) is 5.39. The molecule has 2 amide bonds. The Morgan fingerprint density at radius 2 is 1.68 bits per heavy atom. The molecule has 0 saturated heterocycles. The molecule has 5 heteroatoms. The predicted molar refractivity (Wildman–Crippen MR) is 97.9 cm³/mol. The molecule has 0 bridgehead atoms. The second kappa shape index (κ2) is 7.70. The van der Waals surface area contributed by atoms with Gasteiger partial charge in [-0.2, -0.15) is 0 Å². The highest BCUT2D eigenvalue weighted by atomic mass is 35.5. The number of hydrogen-bond donors (Lipinski definition) is 2. The molecule has 1 aliphatic rings. The third kappa shape index (κ3) is 4.60. The zero-order valence-corrected chi connectivity index (χ0v) is 14.8. The van der Waals surface area contributed by atoms with Crippen molar-refractivity contribution in [1.29, 1.82) is 0 Å². The van der Waals surface area contributed by atoms with Crippen LogP contribution in [0.15, 0.2) is 54.6 Å². The summed E-state index contributed by atoms with van der Waals surface area (Å²) in [5.41, 5.74) is 2.04. The lowest BCUT2D eigenvalue weighted by molar-refractivity contribution is -0.127. The average Bonchev–Trinajstić information content (AvgIpc) is 3.43. The third-order valence-corrected chi connectivity index (χ3v) is 4.75. The zero-order chi connectivity index (χ0) is 17.8. The molecule has 1 fully saturated rings. The molecule has 0 aliphatic heterocycles. The number of benzene rings is 2. The largest absolute Gasteiger partial charge is 0.352 e. The molecular weight excluding hydrogens is 336 g/mol. The second-order valence-corrected chi connectivity index (χ2v) is 6.87. The SMILES string of the molecule is CC(NC(=O)C1CC1C(=O)NCc1ccc(Cl)cc1)c1ccccc1. The summed E-state index contributed by atoms with van der Waals surface area (Å²) in [5.74, 6) is -0.572. The third-order valence-electron chi connectivity index (χ3n) is 4.50. The molecule has 0 radical (unpaired) electrons. The normalized spacial score (nSPS) is 19.8. The lowest BCUT2D eigenvalue weighted by Gasteiger charge is -2.14. The van der Waals surface area contributed by atoms with Crippen LogP contribution in [0.5, 0.6) is 0 Å². The Balaban J connectivity index is 1.45. The van der Waals surface area contributed by atoms with Crippen LogP contribution < -0.4 is 10.6 Å². The van der Waals surface area contributed by atoms with Gasteiger partial charge in [-0.1, -0.05) is 54.1 Å². The number of rotatable bonds is 6. The fraction of sp³-hybridized carbons (Fsp3) is 0.300. The van der Waals surface area contributed by atoms with Crippen molar-refractivity contribution in [2.45, 2.75) is 25.9 Å². The highest BCUT2D eigenvalue weighted by molar-refractivity contribution is 6.30. The van der Waals surface area contributed by atoms with E-state index >= 15 is 0 Å². The average molecular weight is 357 g/mol. The smallest absolute Gasteiger partial charge is 0.224 e. The van der Waals surface area contributed by atoms with Gasteiger partial charge in [0.25, 0.3) is 0 Å². The molecule has 0 spiro atoms. The molecule has 0 heterocycles. The number of amides is 2. The molecule has 130 valence electrons. The fourth-order valence-electron chi connectivity index (χ4n) is 2.84. The van der Waals surface area contributed by atoms with E-state index in [2.05, 4.69) is 10.6 Å². The molecule has 4 nitrogen and oxygen atoms in total. The monoisotopic (exact) mass is 356 g/mol. The van der Waals surface area contributed by atoms with E-state index in [1.165, 1.54) is 0 Å². The molecule has 3 unspecified atom stereocenters. The molecule has 2 aromatic rings. The molecule has 1 saturated carbocycles. The highest BCUT2D eigenvalue weighted by Gasteiger charge is 2.48. The van der Waals surface area contributed by atoms with Crippen molar-refractivity contribution in [3.05, 3.63) is 70.7 Å². The first kappa shape index (κ1) is 17.5. The number of nitrogens with one attached hydrogen (secondary N) is 2. The summed E-state index contributed by atoms with van der Waals surface area (Å²) in [6, 6.07) is 17.1. The van der Waals surface area contributed by atoms with Crippen molar-refractivity contribution in [1.82, 2.24) is 10.6 Å². The van der Waals surface area contributed by atoms with Crippen LogP contribution in [0.3, 0.4) is 0 Å². The number of halogens is 1. The first-order valence-electron chi connectivity index (χ1n) is 8.42. The van der Waals surface area contributed by atoms with E-state index in [-0.39, 0.29) is 29.7 Å². The molecular formula is C20H21ClN2O2. The Bertz CT molecular complexity index is 746. The minimum atomic E-state index is -0.227. The quantitative estimate of drug-likeness (QED) is 0.832. The van der Waals surface area contributed by atoms with Gasteiger partial charge in [-0.25, -0.2) is 0 Å². The van der Waals surface area contributed by atoms with Crippen molar-refractivity contribution >= 4 is 23.4 Å². The molecule has 3 rings (SSSR count). The van der Waals surface area contributed by atoms with E-state index < -0.39 is 0 Å². The topological polar surface area (TPSA) is 58.2 Å². The maximum atomic E-state index is 12.3. The van der Waals surface area contributed by atoms with Gasteiger partial charge in [0.2, 0.25) is 11.8 Å². The van der Waals surface area contributed by atoms with Gasteiger partial charge in [0.1, 0.15) is 0 Å². The molecule has 1 aliphatic carbocycles. The molecule has 25 heavy (non-hydrogen) atoms. The number of carbonyl (C=O) groups is 2. The molecule has 0 aromatic heterocycles. The van der Waals surface area contributed by atoms with Gasteiger partial charge in [0.15, 0.2) is 0 Å². The van der Waals surface area contributed by atoms with E-state index in [1.807, 2.05) is 49.4 Å². The highest BCUT2D eigenvalue weighted by Crippen LogP contribution is 2.39. The lowest BCUT2D eigenvalue weighted by atomic mass is 10.1. The van der Waals surface area contributed by atoms with Crippen molar-refractivity contribution in [3.8, 4) is 0 Å². The van der Waals surface area contributed by atoms with Crippen molar-refractivity contribution in [3.63, 3.8) is 0 Å². The molecule has 3 atom stereocenters. The van der Waals surface area contributed by atoms with Gasteiger partial charge in [-0.15, -0.1) is 0 Å². The van der Waals surface area contributed by atoms with Gasteiger partial charge in [-0.05, 0) is 36.6 Å². The van der Waals surface area contributed by atoms with Crippen LogP contribution in [0.2, 0.25) is 5.02 Å². The Morgan fingerprint density at radius 1 is 1.04 bits per heavy atom. The maximum absolute atomic E-state index is 12.3. The van der Waals surface area contributed by atoms with Gasteiger partial charge in [0.05, 0.1) is 17.9 Å². The number of carbonyl (C=O) groups excluding carboxylic acids is 2. The summed E-state index contributed by atoms with van der Waals surface area (Å²) in [7, 11) is 0. The van der Waals surface area contributed by atoms with Gasteiger partial charge >= 0.3 is 0 Å². The van der Waals surface area contributed by atoms with E-state index in [9.17, 15) is 9.59 Å². The molecule has 2 N–H and O–H groups in total. The van der Waals surface area contributed by atoms with E-state index in [1.54, 1.807) is 12.1 Å². The molecule has 2 aromatic carbocycles. The van der Waals surface area contributed by atoms with Crippen molar-refractivity contribution in [2.75, 3.05) is 0 Å². The van der Waals surface area contributed by atoms with Gasteiger partial charge in [-0.3, -0.25) is 9.59 Å². The zero-order valence-electron chi connectivity index (χ0n) is 14.0. The summed E-state index contributed by atoms with van der Waals surface area (Å²) in [6.07, 6.45) is 0.611. The summed E-state index contributed by atoms with van der Waals surface area (Å²) >= 11 is 5.84. The van der Waals surface area contributed by atoms with Gasteiger partial charge < -0.3 is 10.6 Å². The Hall–Kier alpha value is -2.33. The van der Waals surface area contributed by atoms with Crippen LogP contribution in [-0.2, 0) is 16.1 Å². The Labute approximate surface area is 152 Å². The van der Waals surface area contributed by atoms with Crippen LogP contribution in [-0.4, -0.2) is 11.8 Å². The predicted octanol–water partition coefficient (Wildman–Crippen LogP) is 3.47. The minimum absolute atomic E-state index is 0.0528. The summed E-state index contributed by atoms with van der Waals surface area (Å²) in [4.78, 5) is 24.5. The standard InChI is InChI=1S/C20H21ClN2O2/c1-13(15-5-3-2-4-6-15)23-20(25)18-11-17(18)19(24)22-12-14-7-9-16(21)10-8-14/h2-10,13,17-18H,11-12H2,1H3,(H,22,24)(H,23,25). The van der Waals surface area contributed by atoms with E-state index in [4.69, 9.17) is 11.6 Å². The second-order valence-electron chi connectivity index (χ2n) is 6.43. The summed E-state index contributed by atoms with van der Waals surface area (Å²) in [5, 5.41) is 6.55. The minimum Gasteiger partial charge on any atom is -0.352 e. The Morgan fingerprint density at radius 3 is 2.36 bits per heavy atom. The maximum Gasteiger partial charge on any atom is 0.224 e. The van der Waals surface area contributed by atoms with Crippen LogP contribution in [0.25, 0.3) is 0 Å². The van der Waals surface area contributed by atoms with Crippen LogP contribution in [0, 0.1) is 11.8 Å². The first-order chi connectivity index (χ1) is 12.0. The van der Waals surface area contributed by atoms with Crippen LogP contribution in [0.1, 0.15) is 30.5 Å². The fourth-order valence-corrected chi connectivity index (χ4v) is 2.97. The van der Waals surface area contributed by atoms with Crippen molar-refractivity contribution < 1.29 is 9.59 Å². The van der Waals surface area contributed by atoms with E-state index in [0.29, 0.717) is 18.0 Å². The van der Waals surface area contributed by atoms with Crippen molar-refractivity contribution in [2.24, 2.45) is 11.8 Å².